The van der Waals surface area contributed by atoms with Crippen molar-refractivity contribution < 1.29 is 132 Å². The molecule has 6 nitrogen and oxygen atoms in total. The van der Waals surface area contributed by atoms with Crippen molar-refractivity contribution in [2.45, 2.75) is 206 Å². The number of aliphatic carboxylic acids is 1. The van der Waals surface area contributed by atoms with Crippen LogP contribution in [0.5, 0.6) is 0 Å². The van der Waals surface area contributed by atoms with E-state index in [4.69, 9.17) is 5.11 Å². The van der Waals surface area contributed by atoms with E-state index < -0.39 is 13.8 Å². The number of carbonyl (C=O) groups is 1. The van der Waals surface area contributed by atoms with Gasteiger partial charge in [0, 0.05) is 6.42 Å². The first-order valence-corrected chi connectivity index (χ1v) is 19.2. The van der Waals surface area contributed by atoms with Crippen molar-refractivity contribution >= 4 is 13.8 Å². The minimum Gasteiger partial charge on any atom is -0.790 e. The van der Waals surface area contributed by atoms with E-state index in [0.717, 1.165) is 25.7 Å². The van der Waals surface area contributed by atoms with Crippen LogP contribution in [0.15, 0.2) is 0 Å². The largest absolute Gasteiger partial charge is 1.00 e. The average molecular weight is 683 g/mol. The molecule has 1 N–H and O–H groups in total. The molecule has 0 aliphatic rings. The Balaban J connectivity index is -0.000000338. The molecule has 0 saturated carbocycles. The maximum absolute atomic E-state index is 10.3. The number of hydrogen-bond donors (Lipinski definition) is 1. The van der Waals surface area contributed by atoms with Gasteiger partial charge in [0.2, 0.25) is 0 Å². The topological polar surface area (TPSA) is 110 Å². The molecular formula is C34H69K2O6P. The standard InChI is InChI=1S/C18H36O2.C16H35O4P.2K/c1-2-3-4-5-6-7-8-9-10-11-12-13-14-15-16-17-18(19)20;1-2-3-4-5-6-7-8-9-10-11-12-13-14-15-16-20-21(17,18)19;;/h2-17H2,1H3,(H,19,20);2-16H2,1H3,(H2,17,18,19);;/q;;2*+1/p-2. The van der Waals surface area contributed by atoms with E-state index in [1.807, 2.05) is 0 Å². The summed E-state index contributed by atoms with van der Waals surface area (Å²) in [4.78, 5) is 30.8. The second kappa shape index (κ2) is 44.9. The zero-order valence-corrected chi connectivity index (χ0v) is 36.5. The Kier molecular flexibility index (Phi) is 54.9. The van der Waals surface area contributed by atoms with E-state index in [0.29, 0.717) is 12.8 Å². The van der Waals surface area contributed by atoms with Crippen LogP contribution in [0.3, 0.4) is 0 Å². The van der Waals surface area contributed by atoms with Crippen LogP contribution in [0.1, 0.15) is 206 Å². The van der Waals surface area contributed by atoms with Crippen LogP contribution < -0.4 is 113 Å². The summed E-state index contributed by atoms with van der Waals surface area (Å²) in [5.74, 6) is -0.653. The van der Waals surface area contributed by atoms with Gasteiger partial charge in [-0.3, -0.25) is 4.79 Å². The Hall–Kier alpha value is 2.85. The molecule has 0 bridgehead atoms. The van der Waals surface area contributed by atoms with Gasteiger partial charge in [-0.2, -0.15) is 0 Å². The number of hydrogen-bond acceptors (Lipinski definition) is 5. The minimum atomic E-state index is -4.75. The number of phosphoric ester groups is 1. The van der Waals surface area contributed by atoms with Crippen LogP contribution in [0.2, 0.25) is 0 Å². The van der Waals surface area contributed by atoms with Crippen molar-refractivity contribution in [3.8, 4) is 0 Å². The minimum absolute atomic E-state index is 0. The van der Waals surface area contributed by atoms with Crippen molar-refractivity contribution in [3.63, 3.8) is 0 Å². The molecule has 0 aromatic carbocycles. The first kappa shape index (κ1) is 52.7. The Morgan fingerprint density at radius 1 is 0.488 bits per heavy atom. The second-order valence-corrected chi connectivity index (χ2v) is 13.1. The van der Waals surface area contributed by atoms with E-state index in [1.54, 1.807) is 0 Å². The Morgan fingerprint density at radius 2 is 0.721 bits per heavy atom. The Bertz CT molecular complexity index is 563. The average Bonchev–Trinajstić information content (AvgIpc) is 2.92. The van der Waals surface area contributed by atoms with E-state index >= 15 is 0 Å². The van der Waals surface area contributed by atoms with E-state index in [-0.39, 0.29) is 109 Å². The molecule has 248 valence electrons. The molecule has 0 unspecified atom stereocenters. The van der Waals surface area contributed by atoms with Crippen LogP contribution in [0.4, 0.5) is 0 Å². The zero-order chi connectivity index (χ0) is 30.7. The molecule has 9 heteroatoms. The van der Waals surface area contributed by atoms with Gasteiger partial charge in [0.1, 0.15) is 0 Å². The fourth-order valence-corrected chi connectivity index (χ4v) is 5.47. The van der Waals surface area contributed by atoms with Gasteiger partial charge >= 0.3 is 109 Å². The fraction of sp³-hybridized carbons (Fsp3) is 0.971. The third kappa shape index (κ3) is 57.5. The number of carboxylic acids is 1. The van der Waals surface area contributed by atoms with Gasteiger partial charge < -0.3 is 24.0 Å². The molecule has 0 heterocycles. The maximum atomic E-state index is 10.3. The van der Waals surface area contributed by atoms with E-state index in [1.165, 1.54) is 154 Å². The van der Waals surface area contributed by atoms with Gasteiger partial charge in [0.15, 0.2) is 0 Å². The Labute approximate surface area is 353 Å². The normalized spacial score (nSPS) is 10.9. The summed E-state index contributed by atoms with van der Waals surface area (Å²) in [7, 11) is -4.75. The monoisotopic (exact) mass is 682 g/mol. The Morgan fingerprint density at radius 3 is 0.953 bits per heavy atom. The second-order valence-electron chi connectivity index (χ2n) is 12.0. The van der Waals surface area contributed by atoms with Crippen LogP contribution in [-0.2, 0) is 13.9 Å². The molecule has 0 spiro atoms. The molecule has 0 aromatic heterocycles. The van der Waals surface area contributed by atoms with Gasteiger partial charge in [-0.05, 0) is 12.8 Å². The summed E-state index contributed by atoms with van der Waals surface area (Å²) in [5.41, 5.74) is 0. The van der Waals surface area contributed by atoms with E-state index in [9.17, 15) is 19.1 Å². The zero-order valence-electron chi connectivity index (χ0n) is 29.4. The van der Waals surface area contributed by atoms with Crippen LogP contribution in [0, 0.1) is 0 Å². The van der Waals surface area contributed by atoms with Crippen LogP contribution >= 0.6 is 7.82 Å². The molecule has 0 aliphatic heterocycles. The van der Waals surface area contributed by atoms with Crippen molar-refractivity contribution in [1.82, 2.24) is 0 Å². The third-order valence-electron chi connectivity index (χ3n) is 7.74. The molecule has 0 atom stereocenters. The number of unbranched alkanes of at least 4 members (excludes halogenated alkanes) is 27. The van der Waals surface area contributed by atoms with Crippen molar-refractivity contribution in [1.29, 1.82) is 0 Å². The summed E-state index contributed by atoms with van der Waals surface area (Å²) >= 11 is 0. The SMILES string of the molecule is CCCCCCCCCCCCCCCCCC(=O)O.CCCCCCCCCCCCCCCCOP(=O)([O-])[O-].[K+].[K+]. The number of phosphoric acid groups is 1. The smallest absolute Gasteiger partial charge is 0.790 e. The summed E-state index contributed by atoms with van der Waals surface area (Å²) in [6.07, 6.45) is 37.6. The first-order valence-electron chi connectivity index (χ1n) is 17.7. The van der Waals surface area contributed by atoms with Gasteiger partial charge in [-0.1, -0.05) is 187 Å². The number of rotatable bonds is 32. The predicted molar refractivity (Wildman–Crippen MR) is 171 cm³/mol. The predicted octanol–water partition coefficient (Wildman–Crippen LogP) is 4.65. The van der Waals surface area contributed by atoms with Crippen molar-refractivity contribution in [3.05, 3.63) is 0 Å². The molecule has 0 aliphatic carbocycles. The van der Waals surface area contributed by atoms with Crippen LogP contribution in [0.25, 0.3) is 0 Å². The molecule has 0 rings (SSSR count). The maximum Gasteiger partial charge on any atom is 1.00 e. The van der Waals surface area contributed by atoms with E-state index in [2.05, 4.69) is 18.4 Å². The van der Waals surface area contributed by atoms with Gasteiger partial charge in [0.05, 0.1) is 14.4 Å². The van der Waals surface area contributed by atoms with Crippen molar-refractivity contribution in [2.24, 2.45) is 0 Å². The quantitative estimate of drug-likeness (QED) is 0.0629. The van der Waals surface area contributed by atoms with Crippen molar-refractivity contribution in [2.75, 3.05) is 6.61 Å². The molecule has 43 heavy (non-hydrogen) atoms. The molecule has 0 saturated heterocycles. The molecule has 0 fully saturated rings. The fourth-order valence-electron chi connectivity index (χ4n) is 5.12. The summed E-state index contributed by atoms with van der Waals surface area (Å²) < 4.78 is 14.4. The van der Waals surface area contributed by atoms with Gasteiger partial charge in [-0.25, -0.2) is 0 Å². The third-order valence-corrected chi connectivity index (χ3v) is 8.24. The van der Waals surface area contributed by atoms with Gasteiger partial charge in [0.25, 0.3) is 0 Å². The van der Waals surface area contributed by atoms with Gasteiger partial charge in [-0.15, -0.1) is 0 Å². The molecular weight excluding hydrogens is 614 g/mol. The molecule has 0 radical (unpaired) electrons. The summed E-state index contributed by atoms with van der Waals surface area (Å²) in [5, 5.41) is 8.52. The summed E-state index contributed by atoms with van der Waals surface area (Å²) in [6, 6.07) is 0. The summed E-state index contributed by atoms with van der Waals surface area (Å²) in [6.45, 7) is 4.56. The van der Waals surface area contributed by atoms with Crippen LogP contribution in [-0.4, -0.2) is 17.7 Å². The first-order chi connectivity index (χ1) is 19.8. The molecule has 0 amide bonds. The number of carboxylic acid groups (broad SMARTS) is 1. The molecule has 0 aromatic rings.